The van der Waals surface area contributed by atoms with Gasteiger partial charge in [-0.25, -0.2) is 9.97 Å². The van der Waals surface area contributed by atoms with Gasteiger partial charge in [0.25, 0.3) is 5.91 Å². The highest BCUT2D eigenvalue weighted by atomic mass is 32.1. The topological polar surface area (TPSA) is 111 Å². The molecule has 0 spiro atoms. The van der Waals surface area contributed by atoms with E-state index in [0.717, 1.165) is 10.7 Å². The standard InChI is InChI=1S/C16H12N8OS/c25-15(12-2-1-3-14(23-12)24-9-20-21-10-24)19-6-11-8-26-16(22-11)13-7-17-4-5-18-13/h1-5,7-10H,6H2,(H,19,25). The summed E-state index contributed by atoms with van der Waals surface area (Å²) in [7, 11) is 0. The second-order valence-corrected chi connectivity index (χ2v) is 6.03. The highest BCUT2D eigenvalue weighted by molar-refractivity contribution is 7.13. The summed E-state index contributed by atoms with van der Waals surface area (Å²) in [5, 5.41) is 12.9. The Hall–Kier alpha value is -3.53. The van der Waals surface area contributed by atoms with E-state index in [0.29, 0.717) is 23.8 Å². The molecule has 0 atom stereocenters. The Morgan fingerprint density at radius 1 is 1.15 bits per heavy atom. The molecule has 4 heterocycles. The molecule has 4 aromatic rings. The molecule has 26 heavy (non-hydrogen) atoms. The summed E-state index contributed by atoms with van der Waals surface area (Å²) in [6, 6.07) is 5.18. The summed E-state index contributed by atoms with van der Waals surface area (Å²) in [6.45, 7) is 0.300. The predicted octanol–water partition coefficient (Wildman–Crippen LogP) is 1.51. The molecule has 0 saturated heterocycles. The molecule has 10 heteroatoms. The van der Waals surface area contributed by atoms with Gasteiger partial charge in [0.05, 0.1) is 18.4 Å². The second kappa shape index (κ2) is 7.15. The van der Waals surface area contributed by atoms with Gasteiger partial charge in [0.2, 0.25) is 0 Å². The van der Waals surface area contributed by atoms with Crippen LogP contribution >= 0.6 is 11.3 Å². The van der Waals surface area contributed by atoms with Crippen molar-refractivity contribution < 1.29 is 4.79 Å². The number of nitrogens with zero attached hydrogens (tertiary/aromatic N) is 7. The number of nitrogens with one attached hydrogen (secondary N) is 1. The summed E-state index contributed by atoms with van der Waals surface area (Å²) >= 11 is 1.45. The maximum atomic E-state index is 12.4. The van der Waals surface area contributed by atoms with Gasteiger partial charge in [-0.1, -0.05) is 6.07 Å². The lowest BCUT2D eigenvalue weighted by molar-refractivity contribution is 0.0945. The van der Waals surface area contributed by atoms with Crippen LogP contribution < -0.4 is 5.32 Å². The number of thiazole rings is 1. The number of carbonyl (C=O) groups excluding carboxylic acids is 1. The van der Waals surface area contributed by atoms with Crippen molar-refractivity contribution in [3.63, 3.8) is 0 Å². The van der Waals surface area contributed by atoms with E-state index in [4.69, 9.17) is 0 Å². The van der Waals surface area contributed by atoms with E-state index in [-0.39, 0.29) is 5.91 Å². The van der Waals surface area contributed by atoms with Gasteiger partial charge in [0.15, 0.2) is 0 Å². The lowest BCUT2D eigenvalue weighted by atomic mass is 10.3. The van der Waals surface area contributed by atoms with Gasteiger partial charge < -0.3 is 5.32 Å². The Bertz CT molecular complexity index is 1020. The first-order valence-electron chi connectivity index (χ1n) is 7.60. The summed E-state index contributed by atoms with van der Waals surface area (Å²) in [6.07, 6.45) is 7.92. The summed E-state index contributed by atoms with van der Waals surface area (Å²) < 4.78 is 1.63. The van der Waals surface area contributed by atoms with Crippen molar-refractivity contribution in [2.45, 2.75) is 6.54 Å². The lowest BCUT2D eigenvalue weighted by Gasteiger charge is -2.05. The molecule has 0 aliphatic rings. The monoisotopic (exact) mass is 364 g/mol. The van der Waals surface area contributed by atoms with E-state index >= 15 is 0 Å². The molecule has 1 N–H and O–H groups in total. The molecule has 0 aliphatic carbocycles. The normalized spacial score (nSPS) is 10.6. The maximum Gasteiger partial charge on any atom is 0.270 e. The predicted molar refractivity (Wildman–Crippen MR) is 93.5 cm³/mol. The van der Waals surface area contributed by atoms with Crippen LogP contribution in [-0.2, 0) is 6.54 Å². The van der Waals surface area contributed by atoms with Crippen LogP contribution in [0.4, 0.5) is 0 Å². The first-order chi connectivity index (χ1) is 12.8. The molecule has 0 saturated carbocycles. The fourth-order valence-corrected chi connectivity index (χ4v) is 2.97. The van der Waals surface area contributed by atoms with Crippen LogP contribution in [0.5, 0.6) is 0 Å². The molecular formula is C16H12N8OS. The third kappa shape index (κ3) is 3.44. The van der Waals surface area contributed by atoms with E-state index < -0.39 is 0 Å². The van der Waals surface area contributed by atoms with Crippen LogP contribution in [0.25, 0.3) is 16.5 Å². The van der Waals surface area contributed by atoms with Gasteiger partial charge in [-0.3, -0.25) is 19.3 Å². The Morgan fingerprint density at radius 3 is 2.85 bits per heavy atom. The molecule has 0 radical (unpaired) electrons. The summed E-state index contributed by atoms with van der Waals surface area (Å²) in [4.78, 5) is 29.4. The summed E-state index contributed by atoms with van der Waals surface area (Å²) in [5.41, 5.74) is 1.76. The van der Waals surface area contributed by atoms with E-state index in [9.17, 15) is 4.79 Å². The quantitative estimate of drug-likeness (QED) is 0.571. The van der Waals surface area contributed by atoms with Crippen molar-refractivity contribution in [3.8, 4) is 16.5 Å². The minimum absolute atomic E-state index is 0.283. The number of hydrogen-bond acceptors (Lipinski definition) is 8. The molecule has 9 nitrogen and oxygen atoms in total. The number of pyridine rings is 1. The zero-order valence-corrected chi connectivity index (χ0v) is 14.2. The molecule has 128 valence electrons. The van der Waals surface area contributed by atoms with Crippen LogP contribution in [0.1, 0.15) is 16.2 Å². The first kappa shape index (κ1) is 16.0. The Balaban J connectivity index is 1.43. The van der Waals surface area contributed by atoms with E-state index in [1.807, 2.05) is 5.38 Å². The summed E-state index contributed by atoms with van der Waals surface area (Å²) in [5.74, 6) is 0.287. The number of aromatic nitrogens is 7. The van der Waals surface area contributed by atoms with Crippen molar-refractivity contribution >= 4 is 17.2 Å². The minimum Gasteiger partial charge on any atom is -0.345 e. The van der Waals surface area contributed by atoms with Crippen LogP contribution in [0, 0.1) is 0 Å². The molecule has 0 aromatic carbocycles. The minimum atomic E-state index is -0.283. The zero-order valence-electron chi connectivity index (χ0n) is 13.4. The highest BCUT2D eigenvalue weighted by Crippen LogP contribution is 2.20. The van der Waals surface area contributed by atoms with Crippen molar-refractivity contribution in [1.29, 1.82) is 0 Å². The van der Waals surface area contributed by atoms with E-state index in [1.165, 1.54) is 24.0 Å². The van der Waals surface area contributed by atoms with Gasteiger partial charge in [-0.05, 0) is 12.1 Å². The molecule has 0 fully saturated rings. The first-order valence-corrected chi connectivity index (χ1v) is 8.48. The van der Waals surface area contributed by atoms with Gasteiger partial charge in [-0.15, -0.1) is 21.5 Å². The van der Waals surface area contributed by atoms with Crippen molar-refractivity contribution in [3.05, 3.63) is 66.2 Å². The zero-order chi connectivity index (χ0) is 17.8. The average Bonchev–Trinajstić information content (AvgIpc) is 3.39. The fraction of sp³-hybridized carbons (Fsp3) is 0.0625. The van der Waals surface area contributed by atoms with E-state index in [2.05, 4.69) is 35.5 Å². The van der Waals surface area contributed by atoms with Gasteiger partial charge in [0, 0.05) is 17.8 Å². The fourth-order valence-electron chi connectivity index (χ4n) is 2.19. The third-order valence-corrected chi connectivity index (χ3v) is 4.33. The maximum absolute atomic E-state index is 12.4. The molecule has 1 amide bonds. The average molecular weight is 364 g/mol. The van der Waals surface area contributed by atoms with Crippen LogP contribution in [-0.4, -0.2) is 40.6 Å². The smallest absolute Gasteiger partial charge is 0.270 e. The van der Waals surface area contributed by atoms with Crippen molar-refractivity contribution in [1.82, 2.24) is 40.0 Å². The molecular weight excluding hydrogens is 352 g/mol. The second-order valence-electron chi connectivity index (χ2n) is 5.17. The molecule has 0 unspecified atom stereocenters. The highest BCUT2D eigenvalue weighted by Gasteiger charge is 2.11. The SMILES string of the molecule is O=C(NCc1csc(-c2cnccn2)n1)c1cccc(-n2cnnc2)n1. The number of hydrogen-bond donors (Lipinski definition) is 1. The van der Waals surface area contributed by atoms with Crippen LogP contribution in [0.2, 0.25) is 0 Å². The molecule has 4 rings (SSSR count). The van der Waals surface area contributed by atoms with Gasteiger partial charge in [0.1, 0.15) is 34.9 Å². The van der Waals surface area contributed by atoms with Gasteiger partial charge in [-0.2, -0.15) is 0 Å². The Kier molecular flexibility index (Phi) is 4.39. The van der Waals surface area contributed by atoms with Crippen LogP contribution in [0.15, 0.2) is 54.8 Å². The Labute approximate surface area is 151 Å². The molecule has 0 bridgehead atoms. The number of carbonyl (C=O) groups is 1. The van der Waals surface area contributed by atoms with E-state index in [1.54, 1.807) is 41.4 Å². The lowest BCUT2D eigenvalue weighted by Crippen LogP contribution is -2.24. The molecule has 4 aromatic heterocycles. The van der Waals surface area contributed by atoms with Crippen molar-refractivity contribution in [2.75, 3.05) is 0 Å². The third-order valence-electron chi connectivity index (χ3n) is 3.41. The molecule has 0 aliphatic heterocycles. The van der Waals surface area contributed by atoms with Gasteiger partial charge >= 0.3 is 0 Å². The number of rotatable bonds is 5. The van der Waals surface area contributed by atoms with Crippen LogP contribution in [0.3, 0.4) is 0 Å². The number of amides is 1. The Morgan fingerprint density at radius 2 is 2.04 bits per heavy atom. The van der Waals surface area contributed by atoms with Crippen molar-refractivity contribution in [2.24, 2.45) is 0 Å². The largest absolute Gasteiger partial charge is 0.345 e.